The summed E-state index contributed by atoms with van der Waals surface area (Å²) >= 11 is 7.47. The van der Waals surface area contributed by atoms with E-state index < -0.39 is 0 Å². The van der Waals surface area contributed by atoms with Crippen molar-refractivity contribution >= 4 is 27.9 Å². The van der Waals surface area contributed by atoms with Crippen molar-refractivity contribution in [3.05, 3.63) is 46.1 Å². The first kappa shape index (κ1) is 12.5. The van der Waals surface area contributed by atoms with Crippen molar-refractivity contribution in [2.75, 3.05) is 0 Å². The normalized spacial score (nSPS) is 11.1. The second kappa shape index (κ2) is 4.85. The molecule has 3 aromatic rings. The smallest absolute Gasteiger partial charge is 0.244 e. The zero-order valence-electron chi connectivity index (χ0n) is 10.1. The highest BCUT2D eigenvalue weighted by Gasteiger charge is 2.14. The first-order valence-corrected chi connectivity index (χ1v) is 6.94. The van der Waals surface area contributed by atoms with Crippen molar-refractivity contribution in [3.63, 3.8) is 0 Å². The van der Waals surface area contributed by atoms with Crippen LogP contribution < -0.4 is 4.74 Å². The minimum Gasteiger partial charge on any atom is -0.437 e. The van der Waals surface area contributed by atoms with Crippen LogP contribution in [0.2, 0.25) is 5.02 Å². The van der Waals surface area contributed by atoms with E-state index in [2.05, 4.69) is 4.98 Å². The van der Waals surface area contributed by atoms with Crippen LogP contribution in [-0.4, -0.2) is 14.5 Å². The van der Waals surface area contributed by atoms with E-state index in [1.54, 1.807) is 12.1 Å². The molecule has 0 aliphatic carbocycles. The molecule has 3 rings (SSSR count). The number of aryl methyl sites for hydroxylation is 1. The molecule has 1 aromatic carbocycles. The molecular formula is C13H11ClN2O2S. The van der Waals surface area contributed by atoms with Gasteiger partial charge in [-0.2, -0.15) is 4.98 Å². The summed E-state index contributed by atoms with van der Waals surface area (Å²) in [6.07, 6.45) is 1.86. The maximum atomic E-state index is 9.44. The number of ether oxygens (including phenoxy) is 1. The van der Waals surface area contributed by atoms with Gasteiger partial charge >= 0.3 is 0 Å². The van der Waals surface area contributed by atoms with Crippen molar-refractivity contribution in [2.45, 2.75) is 13.5 Å². The van der Waals surface area contributed by atoms with Crippen LogP contribution in [0.5, 0.6) is 11.6 Å². The molecule has 2 heterocycles. The van der Waals surface area contributed by atoms with Gasteiger partial charge in [0.25, 0.3) is 0 Å². The molecule has 0 fully saturated rings. The Morgan fingerprint density at radius 2 is 2.32 bits per heavy atom. The van der Waals surface area contributed by atoms with Gasteiger partial charge in [0.2, 0.25) is 5.88 Å². The molecule has 0 bridgehead atoms. The van der Waals surface area contributed by atoms with Crippen LogP contribution in [0.1, 0.15) is 11.3 Å². The molecule has 0 saturated carbocycles. The lowest BCUT2D eigenvalue weighted by molar-refractivity contribution is 0.270. The molecule has 0 amide bonds. The molecule has 2 aromatic heterocycles. The van der Waals surface area contributed by atoms with E-state index in [-0.39, 0.29) is 6.61 Å². The quantitative estimate of drug-likeness (QED) is 0.802. The average Bonchev–Trinajstić information content (AvgIpc) is 2.94. The Morgan fingerprint density at radius 1 is 1.47 bits per heavy atom. The van der Waals surface area contributed by atoms with Crippen LogP contribution in [0, 0.1) is 6.92 Å². The lowest BCUT2D eigenvalue weighted by Gasteiger charge is -2.06. The maximum Gasteiger partial charge on any atom is 0.244 e. The Bertz CT molecular complexity index is 735. The topological polar surface area (TPSA) is 46.8 Å². The van der Waals surface area contributed by atoms with Crippen LogP contribution >= 0.6 is 22.9 Å². The standard InChI is InChI=1S/C13H11ClN2O2S/c1-8-6-9(2-3-10(8)14)18-12-11(7-17)16-4-5-19-13(16)15-12/h2-6,17H,7H2,1H3. The van der Waals surface area contributed by atoms with Crippen molar-refractivity contribution in [3.8, 4) is 11.6 Å². The van der Waals surface area contributed by atoms with Crippen LogP contribution in [0.4, 0.5) is 0 Å². The van der Waals surface area contributed by atoms with E-state index in [9.17, 15) is 5.11 Å². The van der Waals surface area contributed by atoms with E-state index >= 15 is 0 Å². The third-order valence-electron chi connectivity index (χ3n) is 2.82. The van der Waals surface area contributed by atoms with Gasteiger partial charge in [0, 0.05) is 16.6 Å². The van der Waals surface area contributed by atoms with Crippen molar-refractivity contribution < 1.29 is 9.84 Å². The van der Waals surface area contributed by atoms with Gasteiger partial charge < -0.3 is 9.84 Å². The van der Waals surface area contributed by atoms with Crippen LogP contribution in [-0.2, 0) is 6.61 Å². The fraction of sp³-hybridized carbons (Fsp3) is 0.154. The highest BCUT2D eigenvalue weighted by Crippen LogP contribution is 2.29. The molecule has 0 unspecified atom stereocenters. The minimum atomic E-state index is -0.125. The van der Waals surface area contributed by atoms with Crippen LogP contribution in [0.25, 0.3) is 4.96 Å². The first-order chi connectivity index (χ1) is 9.19. The Hall–Kier alpha value is -1.56. The summed E-state index contributed by atoms with van der Waals surface area (Å²) in [6.45, 7) is 1.79. The lowest BCUT2D eigenvalue weighted by atomic mass is 10.2. The van der Waals surface area contributed by atoms with Crippen molar-refractivity contribution in [2.24, 2.45) is 0 Å². The molecule has 0 spiro atoms. The summed E-state index contributed by atoms with van der Waals surface area (Å²) in [7, 11) is 0. The third-order valence-corrected chi connectivity index (χ3v) is 4.00. The van der Waals surface area contributed by atoms with Gasteiger partial charge in [0.1, 0.15) is 11.4 Å². The second-order valence-electron chi connectivity index (χ2n) is 4.09. The maximum absolute atomic E-state index is 9.44. The number of imidazole rings is 1. The molecule has 0 aliphatic heterocycles. The number of fused-ring (bicyclic) bond motifs is 1. The third kappa shape index (κ3) is 2.20. The molecule has 98 valence electrons. The van der Waals surface area contributed by atoms with Gasteiger partial charge in [-0.15, -0.1) is 11.3 Å². The minimum absolute atomic E-state index is 0.125. The summed E-state index contributed by atoms with van der Waals surface area (Å²) in [4.78, 5) is 5.15. The van der Waals surface area contributed by atoms with Gasteiger partial charge in [0.15, 0.2) is 4.96 Å². The molecule has 0 aliphatic rings. The number of aliphatic hydroxyl groups excluding tert-OH is 1. The molecular weight excluding hydrogens is 284 g/mol. The average molecular weight is 295 g/mol. The zero-order chi connectivity index (χ0) is 13.4. The number of aromatic nitrogens is 2. The summed E-state index contributed by atoms with van der Waals surface area (Å²) in [5.74, 6) is 1.08. The lowest BCUT2D eigenvalue weighted by Crippen LogP contribution is -1.93. The number of hydrogen-bond acceptors (Lipinski definition) is 4. The summed E-state index contributed by atoms with van der Waals surface area (Å²) in [5.41, 5.74) is 1.58. The van der Waals surface area contributed by atoms with Crippen LogP contribution in [0.15, 0.2) is 29.8 Å². The molecule has 19 heavy (non-hydrogen) atoms. The van der Waals surface area contributed by atoms with Gasteiger partial charge in [-0.25, -0.2) is 0 Å². The summed E-state index contributed by atoms with van der Waals surface area (Å²) < 4.78 is 7.56. The Kier molecular flexibility index (Phi) is 3.18. The number of rotatable bonds is 3. The van der Waals surface area contributed by atoms with Gasteiger partial charge in [0.05, 0.1) is 6.61 Å². The van der Waals surface area contributed by atoms with Crippen LogP contribution in [0.3, 0.4) is 0 Å². The number of thiazole rings is 1. The predicted octanol–water partition coefficient (Wildman–Crippen LogP) is 3.64. The van der Waals surface area contributed by atoms with E-state index in [1.165, 1.54) is 11.3 Å². The van der Waals surface area contributed by atoms with Gasteiger partial charge in [-0.3, -0.25) is 4.40 Å². The Labute approximate surface area is 118 Å². The van der Waals surface area contributed by atoms with Gasteiger partial charge in [-0.05, 0) is 30.7 Å². The molecule has 4 nitrogen and oxygen atoms in total. The fourth-order valence-corrected chi connectivity index (χ4v) is 2.67. The molecule has 0 saturated heterocycles. The summed E-state index contributed by atoms with van der Waals surface area (Å²) in [6, 6.07) is 5.41. The monoisotopic (exact) mass is 294 g/mol. The number of hydrogen-bond donors (Lipinski definition) is 1. The van der Waals surface area contributed by atoms with E-state index in [0.717, 1.165) is 10.5 Å². The molecule has 0 atom stereocenters. The Morgan fingerprint density at radius 3 is 3.05 bits per heavy atom. The highest BCUT2D eigenvalue weighted by molar-refractivity contribution is 7.15. The SMILES string of the molecule is Cc1cc(Oc2nc3sccn3c2CO)ccc1Cl. The second-order valence-corrected chi connectivity index (χ2v) is 5.37. The predicted molar refractivity (Wildman–Crippen MR) is 75.3 cm³/mol. The number of aliphatic hydroxyl groups is 1. The van der Waals surface area contributed by atoms with Crippen molar-refractivity contribution in [1.29, 1.82) is 0 Å². The van der Waals surface area contributed by atoms with E-state index in [4.69, 9.17) is 16.3 Å². The van der Waals surface area contributed by atoms with E-state index in [1.807, 2.05) is 29.0 Å². The largest absolute Gasteiger partial charge is 0.437 e. The number of benzene rings is 1. The van der Waals surface area contributed by atoms with Gasteiger partial charge in [-0.1, -0.05) is 11.6 Å². The molecule has 6 heteroatoms. The molecule has 1 N–H and O–H groups in total. The zero-order valence-corrected chi connectivity index (χ0v) is 11.7. The molecule has 0 radical (unpaired) electrons. The highest BCUT2D eigenvalue weighted by atomic mass is 35.5. The number of halogens is 1. The first-order valence-electron chi connectivity index (χ1n) is 5.68. The number of nitrogens with zero attached hydrogens (tertiary/aromatic N) is 2. The van der Waals surface area contributed by atoms with E-state index in [0.29, 0.717) is 22.3 Å². The van der Waals surface area contributed by atoms with Crippen molar-refractivity contribution in [1.82, 2.24) is 9.38 Å². The summed E-state index contributed by atoms with van der Waals surface area (Å²) in [5, 5.41) is 12.1. The Balaban J connectivity index is 2.00. The fourth-order valence-electron chi connectivity index (χ4n) is 1.83.